The minimum absolute atomic E-state index is 0.0874. The van der Waals surface area contributed by atoms with Crippen LogP contribution < -0.4 is 0 Å². The van der Waals surface area contributed by atoms with Crippen LogP contribution >= 0.6 is 15.9 Å². The van der Waals surface area contributed by atoms with Gasteiger partial charge in [0.1, 0.15) is 0 Å². The highest BCUT2D eigenvalue weighted by atomic mass is 79.9. The molecule has 2 aromatic rings. The Kier molecular flexibility index (Phi) is 3.17. The fourth-order valence-corrected chi connectivity index (χ4v) is 2.46. The van der Waals surface area contributed by atoms with E-state index in [1.807, 2.05) is 38.1 Å². The van der Waals surface area contributed by atoms with Crippen molar-refractivity contribution in [1.29, 1.82) is 0 Å². The van der Waals surface area contributed by atoms with E-state index in [1.165, 1.54) is 0 Å². The van der Waals surface area contributed by atoms with Crippen LogP contribution in [0.4, 0.5) is 0 Å². The molecule has 1 aromatic heterocycles. The van der Waals surface area contributed by atoms with Crippen molar-refractivity contribution < 1.29 is 5.11 Å². The van der Waals surface area contributed by atoms with Crippen LogP contribution in [0.25, 0.3) is 5.69 Å². The molecule has 0 aliphatic rings. The number of rotatable bonds is 2. The summed E-state index contributed by atoms with van der Waals surface area (Å²) in [5.41, 5.74) is 4.31. The lowest BCUT2D eigenvalue weighted by Crippen LogP contribution is -2.00. The van der Waals surface area contributed by atoms with Gasteiger partial charge in [-0.1, -0.05) is 12.1 Å². The molecule has 0 bridgehead atoms. The summed E-state index contributed by atoms with van der Waals surface area (Å²) in [4.78, 5) is 0. The quantitative estimate of drug-likeness (QED) is 0.896. The molecule has 0 aliphatic heterocycles. The first kappa shape index (κ1) is 11.4. The van der Waals surface area contributed by atoms with Gasteiger partial charge in [0.25, 0.3) is 0 Å². The Bertz CT molecular complexity index is 517. The van der Waals surface area contributed by atoms with Gasteiger partial charge in [0.2, 0.25) is 0 Å². The Labute approximate surface area is 104 Å². The van der Waals surface area contributed by atoms with Crippen LogP contribution in [-0.2, 0) is 6.61 Å². The Hall–Kier alpha value is -1.06. The second-order valence-electron chi connectivity index (χ2n) is 3.84. The SMILES string of the molecule is Cc1cc(CO)c(C)n1-c1ccccc1Br. The highest BCUT2D eigenvalue weighted by molar-refractivity contribution is 9.10. The first-order chi connectivity index (χ1) is 7.65. The van der Waals surface area contributed by atoms with Gasteiger partial charge < -0.3 is 9.67 Å². The number of benzene rings is 1. The Morgan fingerprint density at radius 2 is 1.94 bits per heavy atom. The van der Waals surface area contributed by atoms with Crippen molar-refractivity contribution in [3.8, 4) is 5.69 Å². The summed E-state index contributed by atoms with van der Waals surface area (Å²) in [7, 11) is 0. The van der Waals surface area contributed by atoms with Crippen LogP contribution in [0, 0.1) is 13.8 Å². The number of halogens is 1. The van der Waals surface area contributed by atoms with Crippen molar-refractivity contribution in [1.82, 2.24) is 4.57 Å². The van der Waals surface area contributed by atoms with E-state index in [4.69, 9.17) is 0 Å². The molecule has 16 heavy (non-hydrogen) atoms. The topological polar surface area (TPSA) is 25.2 Å². The molecule has 0 aliphatic carbocycles. The van der Waals surface area contributed by atoms with Gasteiger partial charge in [-0.15, -0.1) is 0 Å². The molecule has 0 saturated carbocycles. The number of hydrogen-bond donors (Lipinski definition) is 1. The molecule has 0 spiro atoms. The maximum Gasteiger partial charge on any atom is 0.0699 e. The van der Waals surface area contributed by atoms with Crippen LogP contribution in [0.3, 0.4) is 0 Å². The minimum atomic E-state index is 0.0874. The van der Waals surface area contributed by atoms with E-state index in [0.29, 0.717) is 0 Å². The summed E-state index contributed by atoms with van der Waals surface area (Å²) in [5, 5.41) is 9.25. The van der Waals surface area contributed by atoms with Crippen LogP contribution in [-0.4, -0.2) is 9.67 Å². The van der Waals surface area contributed by atoms with Gasteiger partial charge >= 0.3 is 0 Å². The largest absolute Gasteiger partial charge is 0.392 e. The first-order valence-electron chi connectivity index (χ1n) is 5.18. The summed E-state index contributed by atoms with van der Waals surface area (Å²) in [5.74, 6) is 0. The third-order valence-corrected chi connectivity index (χ3v) is 3.47. The molecule has 1 N–H and O–H groups in total. The van der Waals surface area contributed by atoms with Gasteiger partial charge in [-0.2, -0.15) is 0 Å². The highest BCUT2D eigenvalue weighted by Gasteiger charge is 2.11. The lowest BCUT2D eigenvalue weighted by Gasteiger charge is -2.11. The molecule has 0 amide bonds. The Morgan fingerprint density at radius 1 is 1.25 bits per heavy atom. The van der Waals surface area contributed by atoms with Gasteiger partial charge in [-0.25, -0.2) is 0 Å². The average molecular weight is 280 g/mol. The normalized spacial score (nSPS) is 10.8. The standard InChI is InChI=1S/C13H14BrNO/c1-9-7-11(8-16)10(2)15(9)13-6-4-3-5-12(13)14/h3-7,16H,8H2,1-2H3. The zero-order valence-corrected chi connectivity index (χ0v) is 11.0. The molecule has 3 heteroatoms. The number of hydrogen-bond acceptors (Lipinski definition) is 1. The lowest BCUT2D eigenvalue weighted by molar-refractivity contribution is 0.281. The third-order valence-electron chi connectivity index (χ3n) is 2.80. The predicted octanol–water partition coefficient (Wildman–Crippen LogP) is 3.35. The molecule has 84 valence electrons. The van der Waals surface area contributed by atoms with Crippen LogP contribution in [0.15, 0.2) is 34.8 Å². The summed E-state index contributed by atoms with van der Waals surface area (Å²) < 4.78 is 3.21. The van der Waals surface area contributed by atoms with E-state index >= 15 is 0 Å². The van der Waals surface area contributed by atoms with Gasteiger partial charge in [0.05, 0.1) is 12.3 Å². The molecular weight excluding hydrogens is 266 g/mol. The summed E-state index contributed by atoms with van der Waals surface area (Å²) in [6, 6.07) is 10.1. The summed E-state index contributed by atoms with van der Waals surface area (Å²) >= 11 is 3.55. The predicted molar refractivity (Wildman–Crippen MR) is 68.9 cm³/mol. The molecular formula is C13H14BrNO. The average Bonchev–Trinajstić information content (AvgIpc) is 2.55. The second-order valence-corrected chi connectivity index (χ2v) is 4.70. The van der Waals surface area contributed by atoms with Crippen LogP contribution in [0.5, 0.6) is 0 Å². The molecule has 0 radical (unpaired) electrons. The monoisotopic (exact) mass is 279 g/mol. The molecule has 0 fully saturated rings. The highest BCUT2D eigenvalue weighted by Crippen LogP contribution is 2.26. The second kappa shape index (κ2) is 4.44. The van der Waals surface area contributed by atoms with Crippen molar-refractivity contribution in [3.05, 3.63) is 51.8 Å². The maximum absolute atomic E-state index is 9.25. The maximum atomic E-state index is 9.25. The molecule has 0 saturated heterocycles. The van der Waals surface area contributed by atoms with Crippen LogP contribution in [0.1, 0.15) is 17.0 Å². The van der Waals surface area contributed by atoms with E-state index in [2.05, 4.69) is 26.6 Å². The molecule has 2 rings (SSSR count). The fourth-order valence-electron chi connectivity index (χ4n) is 1.99. The number of aliphatic hydroxyl groups excluding tert-OH is 1. The third kappa shape index (κ3) is 1.81. The van der Waals surface area contributed by atoms with E-state index in [-0.39, 0.29) is 6.61 Å². The lowest BCUT2D eigenvalue weighted by atomic mass is 10.2. The number of aromatic nitrogens is 1. The Morgan fingerprint density at radius 3 is 2.50 bits per heavy atom. The first-order valence-corrected chi connectivity index (χ1v) is 5.98. The fraction of sp³-hybridized carbons (Fsp3) is 0.231. The molecule has 1 aromatic carbocycles. The van der Waals surface area contributed by atoms with Crippen molar-refractivity contribution in [3.63, 3.8) is 0 Å². The van der Waals surface area contributed by atoms with Gasteiger partial charge in [0.15, 0.2) is 0 Å². The van der Waals surface area contributed by atoms with E-state index in [9.17, 15) is 5.11 Å². The molecule has 0 unspecified atom stereocenters. The molecule has 1 heterocycles. The zero-order chi connectivity index (χ0) is 11.7. The van der Waals surface area contributed by atoms with Crippen molar-refractivity contribution >= 4 is 15.9 Å². The van der Waals surface area contributed by atoms with Gasteiger partial charge in [-0.05, 0) is 53.5 Å². The number of aliphatic hydroxyl groups is 1. The van der Waals surface area contributed by atoms with Crippen molar-refractivity contribution in [2.24, 2.45) is 0 Å². The summed E-state index contributed by atoms with van der Waals surface area (Å²) in [6.45, 7) is 4.16. The van der Waals surface area contributed by atoms with Crippen molar-refractivity contribution in [2.75, 3.05) is 0 Å². The van der Waals surface area contributed by atoms with Crippen molar-refractivity contribution in [2.45, 2.75) is 20.5 Å². The minimum Gasteiger partial charge on any atom is -0.392 e. The van der Waals surface area contributed by atoms with E-state index < -0.39 is 0 Å². The Balaban J connectivity index is 2.65. The summed E-state index contributed by atoms with van der Waals surface area (Å²) in [6.07, 6.45) is 0. The molecule has 0 atom stereocenters. The zero-order valence-electron chi connectivity index (χ0n) is 9.37. The van der Waals surface area contributed by atoms with Gasteiger partial charge in [-0.3, -0.25) is 0 Å². The van der Waals surface area contributed by atoms with Gasteiger partial charge in [0, 0.05) is 15.9 Å². The number of nitrogens with zero attached hydrogens (tertiary/aromatic N) is 1. The number of para-hydroxylation sites is 1. The van der Waals surface area contributed by atoms with E-state index in [0.717, 1.165) is 27.1 Å². The number of aryl methyl sites for hydroxylation is 1. The van der Waals surface area contributed by atoms with E-state index in [1.54, 1.807) is 0 Å². The smallest absolute Gasteiger partial charge is 0.0699 e. The van der Waals surface area contributed by atoms with Crippen LogP contribution in [0.2, 0.25) is 0 Å². The molecule has 2 nitrogen and oxygen atoms in total.